The van der Waals surface area contributed by atoms with Crippen molar-refractivity contribution in [3.8, 4) is 11.4 Å². The maximum atomic E-state index is 13.7. The minimum absolute atomic E-state index is 0.151. The van der Waals surface area contributed by atoms with Gasteiger partial charge in [0.15, 0.2) is 0 Å². The van der Waals surface area contributed by atoms with E-state index in [0.29, 0.717) is 12.3 Å². The first kappa shape index (κ1) is 14.9. The molecule has 1 heterocycles. The number of hydrogen-bond acceptors (Lipinski definition) is 4. The van der Waals surface area contributed by atoms with Crippen LogP contribution in [0.25, 0.3) is 11.4 Å². The van der Waals surface area contributed by atoms with Gasteiger partial charge in [0.2, 0.25) is 17.6 Å². The van der Waals surface area contributed by atoms with E-state index in [0.717, 1.165) is 5.69 Å². The molecule has 1 aromatic heterocycles. The zero-order chi connectivity index (χ0) is 16.1. The zero-order valence-electron chi connectivity index (χ0n) is 12.2. The summed E-state index contributed by atoms with van der Waals surface area (Å²) in [4.78, 5) is 16.0. The maximum absolute atomic E-state index is 13.7. The van der Waals surface area contributed by atoms with Crippen molar-refractivity contribution in [2.75, 3.05) is 5.32 Å². The van der Waals surface area contributed by atoms with Gasteiger partial charge in [0.05, 0.1) is 5.56 Å². The monoisotopic (exact) mass is 311 g/mol. The van der Waals surface area contributed by atoms with Crippen molar-refractivity contribution < 1.29 is 13.7 Å². The van der Waals surface area contributed by atoms with Crippen LogP contribution in [-0.4, -0.2) is 16.0 Å². The normalized spacial score (nSPS) is 10.5. The van der Waals surface area contributed by atoms with Crippen molar-refractivity contribution in [2.45, 2.75) is 12.8 Å². The third-order valence-electron chi connectivity index (χ3n) is 3.21. The third kappa shape index (κ3) is 3.79. The Kier molecular flexibility index (Phi) is 4.42. The maximum Gasteiger partial charge on any atom is 0.227 e. The Morgan fingerprint density at radius 2 is 1.83 bits per heavy atom. The number of halogens is 1. The van der Waals surface area contributed by atoms with Gasteiger partial charge in [-0.1, -0.05) is 35.5 Å². The molecule has 0 aliphatic heterocycles. The molecule has 0 saturated carbocycles. The van der Waals surface area contributed by atoms with Gasteiger partial charge in [-0.05, 0) is 24.3 Å². The van der Waals surface area contributed by atoms with Gasteiger partial charge in [0.25, 0.3) is 0 Å². The van der Waals surface area contributed by atoms with Crippen LogP contribution in [0, 0.1) is 5.82 Å². The summed E-state index contributed by atoms with van der Waals surface area (Å²) in [5, 5.41) is 6.52. The zero-order valence-corrected chi connectivity index (χ0v) is 12.2. The van der Waals surface area contributed by atoms with E-state index in [4.69, 9.17) is 4.52 Å². The number of anilines is 1. The van der Waals surface area contributed by atoms with Crippen molar-refractivity contribution >= 4 is 11.6 Å². The van der Waals surface area contributed by atoms with E-state index in [-0.39, 0.29) is 23.7 Å². The Balaban J connectivity index is 1.59. The Labute approximate surface area is 132 Å². The lowest BCUT2D eigenvalue weighted by Crippen LogP contribution is -2.12. The van der Waals surface area contributed by atoms with Gasteiger partial charge < -0.3 is 9.84 Å². The van der Waals surface area contributed by atoms with Crippen LogP contribution in [0.2, 0.25) is 0 Å². The van der Waals surface area contributed by atoms with Crippen LogP contribution in [0.1, 0.15) is 12.3 Å². The molecule has 0 atom stereocenters. The summed E-state index contributed by atoms with van der Waals surface area (Å²) in [6, 6.07) is 15.4. The number of rotatable bonds is 5. The molecule has 0 radical (unpaired) electrons. The Morgan fingerprint density at radius 1 is 1.09 bits per heavy atom. The summed E-state index contributed by atoms with van der Waals surface area (Å²) in [6.07, 6.45) is 0.494. The van der Waals surface area contributed by atoms with Gasteiger partial charge in [0, 0.05) is 18.5 Å². The lowest BCUT2D eigenvalue weighted by atomic mass is 10.2. The van der Waals surface area contributed by atoms with E-state index in [9.17, 15) is 9.18 Å². The van der Waals surface area contributed by atoms with Gasteiger partial charge in [-0.2, -0.15) is 4.98 Å². The number of benzene rings is 2. The summed E-state index contributed by atoms with van der Waals surface area (Å²) in [7, 11) is 0. The van der Waals surface area contributed by atoms with Gasteiger partial charge in [-0.25, -0.2) is 4.39 Å². The minimum atomic E-state index is -0.415. The summed E-state index contributed by atoms with van der Waals surface area (Å²) in [6.45, 7) is 0. The lowest BCUT2D eigenvalue weighted by Gasteiger charge is -2.02. The largest absolute Gasteiger partial charge is 0.339 e. The Bertz CT molecular complexity index is 802. The highest BCUT2D eigenvalue weighted by atomic mass is 19.1. The van der Waals surface area contributed by atoms with Crippen molar-refractivity contribution in [3.05, 3.63) is 66.3 Å². The van der Waals surface area contributed by atoms with Gasteiger partial charge in [-0.3, -0.25) is 4.79 Å². The van der Waals surface area contributed by atoms with Gasteiger partial charge in [0.1, 0.15) is 5.82 Å². The van der Waals surface area contributed by atoms with Crippen LogP contribution in [0.3, 0.4) is 0 Å². The highest BCUT2D eigenvalue weighted by Crippen LogP contribution is 2.19. The van der Waals surface area contributed by atoms with Gasteiger partial charge in [-0.15, -0.1) is 0 Å². The van der Waals surface area contributed by atoms with E-state index in [1.165, 1.54) is 6.07 Å². The molecule has 0 spiro atoms. The second-order valence-electron chi connectivity index (χ2n) is 4.91. The highest BCUT2D eigenvalue weighted by Gasteiger charge is 2.13. The van der Waals surface area contributed by atoms with Crippen LogP contribution in [0.4, 0.5) is 10.1 Å². The number of nitrogens with zero attached hydrogens (tertiary/aromatic N) is 2. The predicted octanol–water partition coefficient (Wildman–Crippen LogP) is 3.45. The number of para-hydroxylation sites is 1. The second kappa shape index (κ2) is 6.83. The first-order chi connectivity index (χ1) is 11.2. The predicted molar refractivity (Wildman–Crippen MR) is 83.1 cm³/mol. The van der Waals surface area contributed by atoms with E-state index in [2.05, 4.69) is 15.5 Å². The van der Waals surface area contributed by atoms with Crippen molar-refractivity contribution in [2.24, 2.45) is 0 Å². The smallest absolute Gasteiger partial charge is 0.227 e. The molecule has 1 N–H and O–H groups in total. The van der Waals surface area contributed by atoms with Crippen molar-refractivity contribution in [1.29, 1.82) is 0 Å². The highest BCUT2D eigenvalue weighted by molar-refractivity contribution is 5.90. The minimum Gasteiger partial charge on any atom is -0.339 e. The van der Waals surface area contributed by atoms with E-state index in [1.807, 2.05) is 18.2 Å². The quantitative estimate of drug-likeness (QED) is 0.783. The molecule has 0 fully saturated rings. The average molecular weight is 311 g/mol. The van der Waals surface area contributed by atoms with E-state index < -0.39 is 5.82 Å². The number of amides is 1. The molecule has 0 bridgehead atoms. The number of aryl methyl sites for hydroxylation is 1. The number of nitrogens with one attached hydrogen (secondary N) is 1. The lowest BCUT2D eigenvalue weighted by molar-refractivity contribution is -0.116. The molecule has 5 nitrogen and oxygen atoms in total. The molecule has 2 aromatic carbocycles. The first-order valence-electron chi connectivity index (χ1n) is 7.15. The standard InChI is InChI=1S/C17H14FN3O2/c18-14-9-5-4-8-13(14)17-20-16(23-21-17)11-10-15(22)19-12-6-2-1-3-7-12/h1-9H,10-11H2,(H,19,22). The number of hydrogen-bond donors (Lipinski definition) is 1. The van der Waals surface area contributed by atoms with Crippen molar-refractivity contribution in [3.63, 3.8) is 0 Å². The number of aromatic nitrogens is 2. The molecule has 0 saturated heterocycles. The fourth-order valence-electron chi connectivity index (χ4n) is 2.07. The van der Waals surface area contributed by atoms with Crippen LogP contribution in [-0.2, 0) is 11.2 Å². The molecule has 1 amide bonds. The summed E-state index contributed by atoms with van der Waals surface area (Å²) in [5.41, 5.74) is 1.01. The third-order valence-corrected chi connectivity index (χ3v) is 3.21. The molecule has 3 rings (SSSR count). The number of carbonyl (C=O) groups excluding carboxylic acids is 1. The molecule has 0 aliphatic carbocycles. The fraction of sp³-hybridized carbons (Fsp3) is 0.118. The molecule has 0 unspecified atom stereocenters. The summed E-state index contributed by atoms with van der Waals surface area (Å²) < 4.78 is 18.7. The molecule has 23 heavy (non-hydrogen) atoms. The molecule has 116 valence electrons. The Morgan fingerprint density at radius 3 is 2.61 bits per heavy atom. The van der Waals surface area contributed by atoms with Crippen molar-refractivity contribution in [1.82, 2.24) is 10.1 Å². The molecule has 0 aliphatic rings. The van der Waals surface area contributed by atoms with Crippen LogP contribution < -0.4 is 5.32 Å². The SMILES string of the molecule is O=C(CCc1nc(-c2ccccc2F)no1)Nc1ccccc1. The number of carbonyl (C=O) groups is 1. The van der Waals surface area contributed by atoms with Gasteiger partial charge >= 0.3 is 0 Å². The molecular formula is C17H14FN3O2. The summed E-state index contributed by atoms with van der Waals surface area (Å²) >= 11 is 0. The Hall–Kier alpha value is -3.02. The van der Waals surface area contributed by atoms with Crippen LogP contribution >= 0.6 is 0 Å². The van der Waals surface area contributed by atoms with Crippen LogP contribution in [0.5, 0.6) is 0 Å². The van der Waals surface area contributed by atoms with E-state index >= 15 is 0 Å². The molecule has 6 heteroatoms. The molecular weight excluding hydrogens is 297 g/mol. The van der Waals surface area contributed by atoms with Crippen LogP contribution in [0.15, 0.2) is 59.1 Å². The second-order valence-corrected chi connectivity index (χ2v) is 4.91. The fourth-order valence-corrected chi connectivity index (χ4v) is 2.07. The average Bonchev–Trinajstić information content (AvgIpc) is 3.03. The first-order valence-corrected chi connectivity index (χ1v) is 7.15. The molecule has 3 aromatic rings. The summed E-state index contributed by atoms with van der Waals surface area (Å²) in [5.74, 6) is -0.0865. The topological polar surface area (TPSA) is 68.0 Å². The van der Waals surface area contributed by atoms with E-state index in [1.54, 1.807) is 30.3 Å².